The summed E-state index contributed by atoms with van der Waals surface area (Å²) in [5.41, 5.74) is 6.16. The summed E-state index contributed by atoms with van der Waals surface area (Å²) in [6.07, 6.45) is 1.52. The Morgan fingerprint density at radius 2 is 2.24 bits per heavy atom. The second kappa shape index (κ2) is 7.31. The van der Waals surface area contributed by atoms with Gasteiger partial charge in [-0.1, -0.05) is 11.8 Å². The van der Waals surface area contributed by atoms with Crippen molar-refractivity contribution < 1.29 is 9.47 Å². The lowest BCUT2D eigenvalue weighted by atomic mass is 10.2. The molecule has 0 spiro atoms. The fourth-order valence-electron chi connectivity index (χ4n) is 1.81. The number of benzene rings is 1. The Hall–Kier alpha value is -2.52. The molecule has 0 amide bonds. The third-order valence-corrected chi connectivity index (χ3v) is 2.86. The van der Waals surface area contributed by atoms with Gasteiger partial charge in [0.25, 0.3) is 0 Å². The zero-order valence-electron chi connectivity index (χ0n) is 12.2. The van der Waals surface area contributed by atoms with Crippen LogP contribution in [0.4, 0.5) is 0 Å². The van der Waals surface area contributed by atoms with Crippen molar-refractivity contribution in [3.8, 4) is 23.3 Å². The smallest absolute Gasteiger partial charge is 0.164 e. The largest absolute Gasteiger partial charge is 0.497 e. The molecular weight excluding hydrogens is 268 g/mol. The highest BCUT2D eigenvalue weighted by molar-refractivity contribution is 5.50. The number of aromatic nitrogens is 3. The van der Waals surface area contributed by atoms with E-state index < -0.39 is 0 Å². The maximum absolute atomic E-state index is 5.80. The molecule has 0 unspecified atom stereocenters. The minimum absolute atomic E-state index is 0.292. The van der Waals surface area contributed by atoms with Crippen molar-refractivity contribution in [2.75, 3.05) is 13.7 Å². The zero-order chi connectivity index (χ0) is 15.1. The number of hydrogen-bond donors (Lipinski definition) is 1. The van der Waals surface area contributed by atoms with Gasteiger partial charge in [0, 0.05) is 6.54 Å². The lowest BCUT2D eigenvalue weighted by molar-refractivity contribution is 0.286. The number of ether oxygens (including phenoxy) is 2. The van der Waals surface area contributed by atoms with E-state index in [4.69, 9.17) is 15.2 Å². The number of methoxy groups -OCH3 is 1. The molecule has 0 saturated heterocycles. The molecule has 0 radical (unpaired) electrons. The van der Waals surface area contributed by atoms with E-state index in [-0.39, 0.29) is 0 Å². The number of rotatable bonds is 5. The molecule has 0 aliphatic rings. The Balaban J connectivity index is 2.18. The van der Waals surface area contributed by atoms with E-state index in [0.29, 0.717) is 18.9 Å². The summed E-state index contributed by atoms with van der Waals surface area (Å²) < 4.78 is 12.8. The van der Waals surface area contributed by atoms with Crippen molar-refractivity contribution in [2.24, 2.45) is 5.73 Å². The maximum Gasteiger partial charge on any atom is 0.164 e. The van der Waals surface area contributed by atoms with E-state index >= 15 is 0 Å². The molecule has 6 nitrogen and oxygen atoms in total. The second-order valence-electron chi connectivity index (χ2n) is 4.15. The molecule has 1 aromatic heterocycles. The second-order valence-corrected chi connectivity index (χ2v) is 4.15. The molecule has 0 aliphatic heterocycles. The van der Waals surface area contributed by atoms with Crippen LogP contribution in [0.3, 0.4) is 0 Å². The Bertz CT molecular complexity index is 655. The minimum atomic E-state index is 0.292. The quantitative estimate of drug-likeness (QED) is 0.836. The van der Waals surface area contributed by atoms with Gasteiger partial charge in [-0.25, -0.2) is 9.67 Å². The van der Waals surface area contributed by atoms with Gasteiger partial charge in [0.2, 0.25) is 0 Å². The van der Waals surface area contributed by atoms with Crippen LogP contribution < -0.4 is 15.2 Å². The molecule has 110 valence electrons. The van der Waals surface area contributed by atoms with Crippen molar-refractivity contribution in [1.82, 2.24) is 14.8 Å². The summed E-state index contributed by atoms with van der Waals surface area (Å²) in [5, 5.41) is 4.11. The van der Waals surface area contributed by atoms with Gasteiger partial charge >= 0.3 is 0 Å². The first kappa shape index (κ1) is 14.9. The van der Waals surface area contributed by atoms with Crippen LogP contribution in [0.5, 0.6) is 11.5 Å². The zero-order valence-corrected chi connectivity index (χ0v) is 12.2. The molecule has 2 N–H and O–H groups in total. The molecule has 0 saturated carbocycles. The lowest BCUT2D eigenvalue weighted by Crippen LogP contribution is -2.07. The molecule has 2 rings (SSSR count). The Morgan fingerprint density at radius 1 is 1.38 bits per heavy atom. The highest BCUT2D eigenvalue weighted by atomic mass is 16.5. The van der Waals surface area contributed by atoms with Crippen molar-refractivity contribution in [2.45, 2.75) is 20.1 Å². The van der Waals surface area contributed by atoms with Gasteiger partial charge in [-0.2, -0.15) is 5.10 Å². The topological polar surface area (TPSA) is 75.2 Å². The van der Waals surface area contributed by atoms with Crippen LogP contribution >= 0.6 is 0 Å². The Morgan fingerprint density at radius 3 is 2.95 bits per heavy atom. The summed E-state index contributed by atoms with van der Waals surface area (Å²) >= 11 is 0. The van der Waals surface area contributed by atoms with Gasteiger partial charge in [-0.15, -0.1) is 0 Å². The first-order valence-electron chi connectivity index (χ1n) is 6.65. The van der Waals surface area contributed by atoms with Crippen LogP contribution in [0, 0.1) is 11.8 Å². The third kappa shape index (κ3) is 3.74. The molecular formula is C15H18N4O2. The van der Waals surface area contributed by atoms with Crippen LogP contribution in [-0.4, -0.2) is 28.4 Å². The van der Waals surface area contributed by atoms with Gasteiger partial charge in [-0.3, -0.25) is 0 Å². The molecule has 1 heterocycles. The summed E-state index contributed by atoms with van der Waals surface area (Å²) in [7, 11) is 1.61. The van der Waals surface area contributed by atoms with Crippen LogP contribution in [0.2, 0.25) is 0 Å². The minimum Gasteiger partial charge on any atom is -0.497 e. The predicted octanol–water partition coefficient (Wildman–Crippen LogP) is 1.20. The van der Waals surface area contributed by atoms with Crippen molar-refractivity contribution in [3.05, 3.63) is 35.9 Å². The van der Waals surface area contributed by atoms with Crippen LogP contribution in [-0.2, 0) is 13.2 Å². The van der Waals surface area contributed by atoms with Crippen molar-refractivity contribution in [3.63, 3.8) is 0 Å². The van der Waals surface area contributed by atoms with Gasteiger partial charge in [0.15, 0.2) is 5.82 Å². The summed E-state index contributed by atoms with van der Waals surface area (Å²) in [4.78, 5) is 4.17. The molecule has 1 aromatic carbocycles. The fourth-order valence-corrected chi connectivity index (χ4v) is 1.81. The number of hydrogen-bond acceptors (Lipinski definition) is 5. The third-order valence-electron chi connectivity index (χ3n) is 2.86. The molecule has 6 heteroatoms. The van der Waals surface area contributed by atoms with E-state index in [0.717, 1.165) is 23.7 Å². The standard InChI is InChI=1S/C15H18N4O2/c1-3-19-15(17-11-18-19)10-21-14-7-6-13(20-2)9-12(14)5-4-8-16/h6-7,9,11H,3,8,10,16H2,1-2H3. The van der Waals surface area contributed by atoms with Crippen molar-refractivity contribution >= 4 is 0 Å². The van der Waals surface area contributed by atoms with E-state index in [1.807, 2.05) is 25.1 Å². The van der Waals surface area contributed by atoms with Gasteiger partial charge in [0.1, 0.15) is 24.4 Å². The molecule has 2 aromatic rings. The average molecular weight is 286 g/mol. The van der Waals surface area contributed by atoms with E-state index in [1.165, 1.54) is 6.33 Å². The number of nitrogens with zero attached hydrogens (tertiary/aromatic N) is 3. The molecule has 0 fully saturated rings. The Kier molecular flexibility index (Phi) is 5.18. The van der Waals surface area contributed by atoms with Crippen LogP contribution in [0.15, 0.2) is 24.5 Å². The molecule has 0 bridgehead atoms. The average Bonchev–Trinajstić information content (AvgIpc) is 2.98. The molecule has 21 heavy (non-hydrogen) atoms. The molecule has 0 atom stereocenters. The first-order chi connectivity index (χ1) is 10.3. The monoisotopic (exact) mass is 286 g/mol. The van der Waals surface area contributed by atoms with Gasteiger partial charge < -0.3 is 15.2 Å². The number of nitrogens with two attached hydrogens (primary N) is 1. The van der Waals surface area contributed by atoms with E-state index in [2.05, 4.69) is 21.9 Å². The lowest BCUT2D eigenvalue weighted by Gasteiger charge is -2.10. The van der Waals surface area contributed by atoms with E-state index in [1.54, 1.807) is 11.8 Å². The highest BCUT2D eigenvalue weighted by Crippen LogP contribution is 2.24. The van der Waals surface area contributed by atoms with Crippen LogP contribution in [0.25, 0.3) is 0 Å². The van der Waals surface area contributed by atoms with Crippen molar-refractivity contribution in [1.29, 1.82) is 0 Å². The fraction of sp³-hybridized carbons (Fsp3) is 0.333. The Labute approximate surface area is 123 Å². The van der Waals surface area contributed by atoms with Gasteiger partial charge in [0.05, 0.1) is 19.2 Å². The number of aryl methyl sites for hydroxylation is 1. The SMILES string of the molecule is CCn1ncnc1COc1ccc(OC)cc1C#CCN. The first-order valence-corrected chi connectivity index (χ1v) is 6.65. The van der Waals surface area contributed by atoms with E-state index in [9.17, 15) is 0 Å². The summed E-state index contributed by atoms with van der Waals surface area (Å²) in [5.74, 6) is 7.97. The van der Waals surface area contributed by atoms with Gasteiger partial charge in [-0.05, 0) is 25.1 Å². The summed E-state index contributed by atoms with van der Waals surface area (Å²) in [6.45, 7) is 3.38. The highest BCUT2D eigenvalue weighted by Gasteiger charge is 2.07. The normalized spacial score (nSPS) is 9.86. The van der Waals surface area contributed by atoms with Crippen LogP contribution in [0.1, 0.15) is 18.3 Å². The maximum atomic E-state index is 5.80. The summed E-state index contributed by atoms with van der Waals surface area (Å²) in [6, 6.07) is 5.47. The molecule has 0 aliphatic carbocycles. The predicted molar refractivity (Wildman–Crippen MR) is 79.0 cm³/mol.